The minimum absolute atomic E-state index is 0.0296. The number of nitrogens with zero attached hydrogens (tertiary/aromatic N) is 2. The van der Waals surface area contributed by atoms with Crippen molar-refractivity contribution >= 4 is 33.4 Å². The third-order valence-corrected chi connectivity index (χ3v) is 6.78. The summed E-state index contributed by atoms with van der Waals surface area (Å²) in [4.78, 5) is 41.6. The van der Waals surface area contributed by atoms with Gasteiger partial charge in [-0.2, -0.15) is 0 Å². The van der Waals surface area contributed by atoms with Crippen LogP contribution >= 0.6 is 0 Å². The molecule has 0 radical (unpaired) electrons. The molecule has 1 aliphatic carbocycles. The Hall–Kier alpha value is -2.26. The second-order valence-corrected chi connectivity index (χ2v) is 9.58. The van der Waals surface area contributed by atoms with Gasteiger partial charge in [-0.3, -0.25) is 14.4 Å². The summed E-state index contributed by atoms with van der Waals surface area (Å²) in [6.45, 7) is 1.92. The molecular weight excluding hydrogens is 406 g/mol. The number of amides is 3. The standard InChI is InChI=1S/C21H29N3O5S/c1-2-7-19(25)23(15-8-5-3-4-6-9-15)18-14-20(26)24(21(18)27)16-10-12-17(13-11-16)30(22,28)29/h10-13,15,18H,2-9,14H2,1H3,(H2,22,28,29). The second kappa shape index (κ2) is 9.26. The minimum atomic E-state index is -3.87. The van der Waals surface area contributed by atoms with Crippen molar-refractivity contribution in [2.24, 2.45) is 5.14 Å². The lowest BCUT2D eigenvalue weighted by atomic mass is 10.0. The SMILES string of the molecule is CCCC(=O)N(C1CCCCCC1)C1CC(=O)N(c2ccc(S(N)(=O)=O)cc2)C1=O. The van der Waals surface area contributed by atoms with Crippen molar-refractivity contribution in [2.75, 3.05) is 4.90 Å². The van der Waals surface area contributed by atoms with Crippen molar-refractivity contribution < 1.29 is 22.8 Å². The van der Waals surface area contributed by atoms with E-state index in [-0.39, 0.29) is 29.0 Å². The van der Waals surface area contributed by atoms with Gasteiger partial charge >= 0.3 is 0 Å². The van der Waals surface area contributed by atoms with Crippen molar-refractivity contribution in [3.8, 4) is 0 Å². The van der Waals surface area contributed by atoms with Gasteiger partial charge in [-0.15, -0.1) is 0 Å². The predicted octanol–water partition coefficient (Wildman–Crippen LogP) is 2.32. The molecule has 0 spiro atoms. The molecule has 8 nitrogen and oxygen atoms in total. The lowest BCUT2D eigenvalue weighted by Gasteiger charge is -2.35. The Morgan fingerprint density at radius 1 is 1.10 bits per heavy atom. The van der Waals surface area contributed by atoms with Crippen molar-refractivity contribution in [3.63, 3.8) is 0 Å². The largest absolute Gasteiger partial charge is 0.327 e. The van der Waals surface area contributed by atoms with Gasteiger partial charge in [-0.25, -0.2) is 18.5 Å². The van der Waals surface area contributed by atoms with Crippen LogP contribution < -0.4 is 10.0 Å². The average Bonchev–Trinajstić information content (AvgIpc) is 2.86. The van der Waals surface area contributed by atoms with Gasteiger partial charge in [0.25, 0.3) is 5.91 Å². The Balaban J connectivity index is 1.88. The normalized spacial score (nSPS) is 21.0. The van der Waals surface area contributed by atoms with Crippen LogP contribution in [0.3, 0.4) is 0 Å². The van der Waals surface area contributed by atoms with Crippen LogP contribution in [0.25, 0.3) is 0 Å². The highest BCUT2D eigenvalue weighted by atomic mass is 32.2. The lowest BCUT2D eigenvalue weighted by molar-refractivity contribution is -0.141. The molecule has 1 saturated carbocycles. The Labute approximate surface area is 177 Å². The third kappa shape index (κ3) is 4.73. The van der Waals surface area contributed by atoms with E-state index in [0.29, 0.717) is 12.8 Å². The number of imide groups is 1. The Kier molecular flexibility index (Phi) is 6.92. The number of sulfonamides is 1. The summed E-state index contributed by atoms with van der Waals surface area (Å²) in [5.41, 5.74) is 0.281. The van der Waals surface area contributed by atoms with Crippen molar-refractivity contribution in [1.82, 2.24) is 4.90 Å². The van der Waals surface area contributed by atoms with E-state index in [9.17, 15) is 22.8 Å². The van der Waals surface area contributed by atoms with E-state index in [0.717, 1.165) is 43.4 Å². The van der Waals surface area contributed by atoms with Gasteiger partial charge in [0.05, 0.1) is 17.0 Å². The number of rotatable bonds is 6. The molecule has 1 unspecified atom stereocenters. The summed E-state index contributed by atoms with van der Waals surface area (Å²) >= 11 is 0. The number of carbonyl (C=O) groups excluding carboxylic acids is 3. The first-order valence-corrected chi connectivity index (χ1v) is 12.1. The van der Waals surface area contributed by atoms with E-state index in [4.69, 9.17) is 5.14 Å². The molecule has 2 N–H and O–H groups in total. The fraction of sp³-hybridized carbons (Fsp3) is 0.571. The van der Waals surface area contributed by atoms with Crippen LogP contribution in [0.4, 0.5) is 5.69 Å². The zero-order valence-electron chi connectivity index (χ0n) is 17.2. The van der Waals surface area contributed by atoms with Gasteiger partial charge in [-0.05, 0) is 43.5 Å². The van der Waals surface area contributed by atoms with Crippen molar-refractivity contribution in [2.45, 2.75) is 81.7 Å². The highest BCUT2D eigenvalue weighted by Crippen LogP contribution is 2.31. The van der Waals surface area contributed by atoms with Gasteiger partial charge in [0.2, 0.25) is 21.8 Å². The quantitative estimate of drug-likeness (QED) is 0.543. The fourth-order valence-electron chi connectivity index (χ4n) is 4.40. The molecule has 2 fully saturated rings. The molecule has 9 heteroatoms. The zero-order chi connectivity index (χ0) is 21.9. The maximum Gasteiger partial charge on any atom is 0.257 e. The molecular formula is C21H29N3O5S. The number of hydrogen-bond acceptors (Lipinski definition) is 5. The van der Waals surface area contributed by atoms with Crippen LogP contribution in [-0.4, -0.2) is 43.1 Å². The first-order chi connectivity index (χ1) is 14.2. The average molecular weight is 436 g/mol. The Morgan fingerprint density at radius 2 is 1.70 bits per heavy atom. The molecule has 1 aromatic rings. The monoisotopic (exact) mass is 435 g/mol. The van der Waals surface area contributed by atoms with E-state index in [1.165, 1.54) is 24.3 Å². The minimum Gasteiger partial charge on any atom is -0.327 e. The number of primary sulfonamides is 1. The molecule has 30 heavy (non-hydrogen) atoms. The Bertz CT molecular complexity index is 905. The maximum atomic E-state index is 13.2. The van der Waals surface area contributed by atoms with Gasteiger partial charge in [0, 0.05) is 12.5 Å². The molecule has 1 atom stereocenters. The number of hydrogen-bond donors (Lipinski definition) is 1. The second-order valence-electron chi connectivity index (χ2n) is 8.02. The summed E-state index contributed by atoms with van der Waals surface area (Å²) in [7, 11) is -3.87. The van der Waals surface area contributed by atoms with E-state index in [1.807, 2.05) is 6.92 Å². The summed E-state index contributed by atoms with van der Waals surface area (Å²) in [5.74, 6) is -0.907. The van der Waals surface area contributed by atoms with E-state index in [1.54, 1.807) is 4.90 Å². The van der Waals surface area contributed by atoms with Crippen LogP contribution in [0.1, 0.15) is 64.7 Å². The van der Waals surface area contributed by atoms with E-state index in [2.05, 4.69) is 0 Å². The van der Waals surface area contributed by atoms with Crippen molar-refractivity contribution in [3.05, 3.63) is 24.3 Å². The highest BCUT2D eigenvalue weighted by molar-refractivity contribution is 7.89. The molecule has 2 aliphatic rings. The third-order valence-electron chi connectivity index (χ3n) is 5.85. The molecule has 3 rings (SSSR count). The van der Waals surface area contributed by atoms with Gasteiger partial charge in [0.1, 0.15) is 6.04 Å². The molecule has 164 valence electrons. The molecule has 0 aromatic heterocycles. The summed E-state index contributed by atoms with van der Waals surface area (Å²) in [6, 6.07) is 4.48. The molecule has 0 bridgehead atoms. The number of carbonyl (C=O) groups is 3. The van der Waals surface area contributed by atoms with Crippen LogP contribution in [0.5, 0.6) is 0 Å². The summed E-state index contributed by atoms with van der Waals surface area (Å²) in [6.07, 6.45) is 6.91. The van der Waals surface area contributed by atoms with Crippen LogP contribution in [0, 0.1) is 0 Å². The van der Waals surface area contributed by atoms with Gasteiger partial charge < -0.3 is 4.90 Å². The number of anilines is 1. The lowest BCUT2D eigenvalue weighted by Crippen LogP contribution is -2.50. The summed E-state index contributed by atoms with van der Waals surface area (Å²) in [5, 5.41) is 5.11. The number of benzene rings is 1. The molecule has 1 aromatic carbocycles. The van der Waals surface area contributed by atoms with Crippen LogP contribution in [-0.2, 0) is 24.4 Å². The molecule has 1 saturated heterocycles. The van der Waals surface area contributed by atoms with Crippen molar-refractivity contribution in [1.29, 1.82) is 0 Å². The van der Waals surface area contributed by atoms with Gasteiger partial charge in [-0.1, -0.05) is 32.6 Å². The fourth-order valence-corrected chi connectivity index (χ4v) is 4.92. The molecule has 3 amide bonds. The smallest absolute Gasteiger partial charge is 0.257 e. The van der Waals surface area contributed by atoms with Crippen LogP contribution in [0.2, 0.25) is 0 Å². The van der Waals surface area contributed by atoms with Gasteiger partial charge in [0.15, 0.2) is 0 Å². The first-order valence-electron chi connectivity index (χ1n) is 10.5. The van der Waals surface area contributed by atoms with Crippen LogP contribution in [0.15, 0.2) is 29.2 Å². The Morgan fingerprint density at radius 3 is 2.23 bits per heavy atom. The summed E-state index contributed by atoms with van der Waals surface area (Å²) < 4.78 is 22.9. The highest BCUT2D eigenvalue weighted by Gasteiger charge is 2.46. The topological polar surface area (TPSA) is 118 Å². The molecule has 1 aliphatic heterocycles. The molecule has 1 heterocycles. The first kappa shape index (κ1) is 22.4. The van der Waals surface area contributed by atoms with E-state index >= 15 is 0 Å². The predicted molar refractivity (Wildman–Crippen MR) is 112 cm³/mol. The maximum absolute atomic E-state index is 13.2. The zero-order valence-corrected chi connectivity index (χ0v) is 18.1. The van der Waals surface area contributed by atoms with E-state index < -0.39 is 27.9 Å². The number of nitrogens with two attached hydrogens (primary N) is 1.